The van der Waals surface area contributed by atoms with Crippen LogP contribution < -0.4 is 5.32 Å². The van der Waals surface area contributed by atoms with Crippen LogP contribution >= 0.6 is 0 Å². The summed E-state index contributed by atoms with van der Waals surface area (Å²) in [7, 11) is 0. The van der Waals surface area contributed by atoms with Gasteiger partial charge in [-0.05, 0) is 44.6 Å². The van der Waals surface area contributed by atoms with Gasteiger partial charge >= 0.3 is 0 Å². The molecule has 0 saturated heterocycles. The minimum Gasteiger partial charge on any atom is -0.396 e. The highest BCUT2D eigenvalue weighted by Crippen LogP contribution is 2.31. The molecule has 1 fully saturated rings. The Morgan fingerprint density at radius 2 is 2.00 bits per heavy atom. The second-order valence-electron chi connectivity index (χ2n) is 4.66. The summed E-state index contributed by atoms with van der Waals surface area (Å²) in [5, 5.41) is 22.0. The maximum absolute atomic E-state index is 10.2. The first kappa shape index (κ1) is 12.0. The quantitative estimate of drug-likeness (QED) is 0.579. The van der Waals surface area contributed by atoms with Gasteiger partial charge in [-0.15, -0.1) is 0 Å². The molecule has 0 heterocycles. The van der Waals surface area contributed by atoms with E-state index < -0.39 is 5.60 Å². The first-order valence-electron chi connectivity index (χ1n) is 5.70. The zero-order chi connectivity index (χ0) is 10.4. The monoisotopic (exact) mass is 201 g/mol. The third kappa shape index (κ3) is 3.95. The van der Waals surface area contributed by atoms with Crippen molar-refractivity contribution in [2.45, 2.75) is 44.6 Å². The molecule has 0 aromatic heterocycles. The number of rotatable bonds is 5. The van der Waals surface area contributed by atoms with Crippen molar-refractivity contribution >= 4 is 0 Å². The molecule has 0 aliphatic heterocycles. The Kier molecular flexibility index (Phi) is 4.85. The molecule has 0 bridgehead atoms. The molecule has 3 nitrogen and oxygen atoms in total. The van der Waals surface area contributed by atoms with Gasteiger partial charge in [0, 0.05) is 13.2 Å². The average Bonchev–Trinajstić information content (AvgIpc) is 2.18. The third-order valence-electron chi connectivity index (χ3n) is 3.17. The van der Waals surface area contributed by atoms with Crippen LogP contribution in [0.3, 0.4) is 0 Å². The van der Waals surface area contributed by atoms with Crippen LogP contribution in [0.15, 0.2) is 0 Å². The summed E-state index contributed by atoms with van der Waals surface area (Å²) >= 11 is 0. The largest absolute Gasteiger partial charge is 0.396 e. The molecule has 1 rings (SSSR count). The third-order valence-corrected chi connectivity index (χ3v) is 3.17. The number of aliphatic hydroxyl groups is 2. The number of hydrogen-bond acceptors (Lipinski definition) is 3. The lowest BCUT2D eigenvalue weighted by atomic mass is 9.79. The van der Waals surface area contributed by atoms with Crippen molar-refractivity contribution < 1.29 is 10.2 Å². The second-order valence-corrected chi connectivity index (χ2v) is 4.66. The average molecular weight is 201 g/mol. The number of nitrogens with one attached hydrogen (secondary N) is 1. The van der Waals surface area contributed by atoms with Crippen molar-refractivity contribution in [3.63, 3.8) is 0 Å². The van der Waals surface area contributed by atoms with Gasteiger partial charge < -0.3 is 15.5 Å². The van der Waals surface area contributed by atoms with E-state index in [9.17, 15) is 5.11 Å². The lowest BCUT2D eigenvalue weighted by molar-refractivity contribution is -0.00612. The Morgan fingerprint density at radius 1 is 1.36 bits per heavy atom. The van der Waals surface area contributed by atoms with Crippen LogP contribution in [0, 0.1) is 5.92 Å². The summed E-state index contributed by atoms with van der Waals surface area (Å²) in [6.45, 7) is 3.95. The molecule has 0 atom stereocenters. The van der Waals surface area contributed by atoms with Crippen molar-refractivity contribution in [3.8, 4) is 0 Å². The molecule has 84 valence electrons. The molecule has 1 aliphatic rings. The fourth-order valence-electron chi connectivity index (χ4n) is 2.00. The van der Waals surface area contributed by atoms with Crippen LogP contribution in [0.25, 0.3) is 0 Å². The molecular weight excluding hydrogens is 178 g/mol. The molecule has 0 spiro atoms. The van der Waals surface area contributed by atoms with Crippen LogP contribution in [-0.2, 0) is 0 Å². The first-order valence-corrected chi connectivity index (χ1v) is 5.70. The van der Waals surface area contributed by atoms with E-state index in [4.69, 9.17) is 5.11 Å². The lowest BCUT2D eigenvalue weighted by Gasteiger charge is -2.35. The first-order chi connectivity index (χ1) is 6.66. The van der Waals surface area contributed by atoms with Gasteiger partial charge in [0.25, 0.3) is 0 Å². The summed E-state index contributed by atoms with van der Waals surface area (Å²) in [6, 6.07) is 0. The predicted octanol–water partition coefficient (Wildman–Crippen LogP) is 0.900. The van der Waals surface area contributed by atoms with E-state index in [2.05, 4.69) is 12.2 Å². The Morgan fingerprint density at radius 3 is 2.57 bits per heavy atom. The molecule has 0 unspecified atom stereocenters. The van der Waals surface area contributed by atoms with Gasteiger partial charge in [0.05, 0.1) is 5.60 Å². The fourth-order valence-corrected chi connectivity index (χ4v) is 2.00. The Hall–Kier alpha value is -0.120. The predicted molar refractivity (Wildman–Crippen MR) is 57.2 cm³/mol. The normalized spacial score (nSPS) is 33.2. The van der Waals surface area contributed by atoms with Crippen molar-refractivity contribution in [3.05, 3.63) is 0 Å². The minimum absolute atomic E-state index is 0.225. The molecule has 0 amide bonds. The highest BCUT2D eigenvalue weighted by molar-refractivity contribution is 4.86. The van der Waals surface area contributed by atoms with Gasteiger partial charge in [-0.25, -0.2) is 0 Å². The molecule has 0 aromatic carbocycles. The van der Waals surface area contributed by atoms with E-state index >= 15 is 0 Å². The van der Waals surface area contributed by atoms with Gasteiger partial charge in [0.2, 0.25) is 0 Å². The molecule has 3 N–H and O–H groups in total. The standard InChI is InChI=1S/C11H23NO2/c1-10-3-5-11(14,6-4-10)9-12-7-2-8-13/h10,12-14H,2-9H2,1H3. The molecular formula is C11H23NO2. The van der Waals surface area contributed by atoms with Crippen molar-refractivity contribution in [1.82, 2.24) is 5.32 Å². The minimum atomic E-state index is -0.484. The van der Waals surface area contributed by atoms with E-state index in [1.165, 1.54) is 0 Å². The van der Waals surface area contributed by atoms with Crippen LogP contribution in [0.4, 0.5) is 0 Å². The maximum atomic E-state index is 10.2. The van der Waals surface area contributed by atoms with Crippen molar-refractivity contribution in [2.24, 2.45) is 5.92 Å². The molecule has 0 radical (unpaired) electrons. The van der Waals surface area contributed by atoms with Crippen LogP contribution in [0.5, 0.6) is 0 Å². The second kappa shape index (κ2) is 5.69. The topological polar surface area (TPSA) is 52.5 Å². The van der Waals surface area contributed by atoms with E-state index in [0.29, 0.717) is 6.54 Å². The zero-order valence-corrected chi connectivity index (χ0v) is 9.13. The Labute approximate surface area is 86.5 Å². The van der Waals surface area contributed by atoms with Crippen LogP contribution in [0.2, 0.25) is 0 Å². The van der Waals surface area contributed by atoms with Gasteiger partial charge in [-0.2, -0.15) is 0 Å². The maximum Gasteiger partial charge on any atom is 0.0771 e. The number of aliphatic hydroxyl groups excluding tert-OH is 1. The van der Waals surface area contributed by atoms with Crippen molar-refractivity contribution in [1.29, 1.82) is 0 Å². The molecule has 14 heavy (non-hydrogen) atoms. The SMILES string of the molecule is CC1CCC(O)(CNCCCO)CC1. The summed E-state index contributed by atoms with van der Waals surface area (Å²) in [6.07, 6.45) is 4.88. The Bertz CT molecular complexity index is 153. The highest BCUT2D eigenvalue weighted by Gasteiger charge is 2.30. The molecule has 1 aliphatic carbocycles. The molecule has 0 aromatic rings. The molecule has 3 heteroatoms. The van der Waals surface area contributed by atoms with Crippen LogP contribution in [-0.4, -0.2) is 35.5 Å². The van der Waals surface area contributed by atoms with E-state index in [1.807, 2.05) is 0 Å². The van der Waals surface area contributed by atoms with E-state index in [0.717, 1.165) is 44.6 Å². The van der Waals surface area contributed by atoms with E-state index in [1.54, 1.807) is 0 Å². The van der Waals surface area contributed by atoms with Crippen LogP contribution in [0.1, 0.15) is 39.0 Å². The molecule has 1 saturated carbocycles. The zero-order valence-electron chi connectivity index (χ0n) is 9.13. The number of hydrogen-bond donors (Lipinski definition) is 3. The smallest absolute Gasteiger partial charge is 0.0771 e. The van der Waals surface area contributed by atoms with Crippen molar-refractivity contribution in [2.75, 3.05) is 19.7 Å². The van der Waals surface area contributed by atoms with E-state index in [-0.39, 0.29) is 6.61 Å². The highest BCUT2D eigenvalue weighted by atomic mass is 16.3. The summed E-state index contributed by atoms with van der Waals surface area (Å²) in [4.78, 5) is 0. The van der Waals surface area contributed by atoms with Gasteiger partial charge in [-0.1, -0.05) is 6.92 Å². The summed E-state index contributed by atoms with van der Waals surface area (Å²) < 4.78 is 0. The van der Waals surface area contributed by atoms with Gasteiger partial charge in [0.15, 0.2) is 0 Å². The summed E-state index contributed by atoms with van der Waals surface area (Å²) in [5.74, 6) is 0.771. The fraction of sp³-hybridized carbons (Fsp3) is 1.00. The van der Waals surface area contributed by atoms with Gasteiger partial charge in [0.1, 0.15) is 0 Å². The van der Waals surface area contributed by atoms with Gasteiger partial charge in [-0.3, -0.25) is 0 Å². The lowest BCUT2D eigenvalue weighted by Crippen LogP contribution is -2.43. The Balaban J connectivity index is 2.15. The summed E-state index contributed by atoms with van der Waals surface area (Å²) in [5.41, 5.74) is -0.484.